The number of likely N-dealkylation sites (tertiary alicyclic amines) is 1. The number of nitrogens with zero attached hydrogens (tertiary/aromatic N) is 1. The molecule has 4 rings (SSSR count). The molecule has 2 amide bonds. The molecule has 2 aromatic carbocycles. The zero-order valence-electron chi connectivity index (χ0n) is 16.0. The molecule has 0 aromatic heterocycles. The summed E-state index contributed by atoms with van der Waals surface area (Å²) >= 11 is 0. The Labute approximate surface area is 172 Å². The molecule has 2 aliphatic heterocycles. The van der Waals surface area contributed by atoms with Crippen LogP contribution in [-0.4, -0.2) is 47.2 Å². The van der Waals surface area contributed by atoms with E-state index in [1.54, 1.807) is 48.5 Å². The van der Waals surface area contributed by atoms with Gasteiger partial charge in [0.05, 0.1) is 0 Å². The Hall–Kier alpha value is -3.81. The number of benzene rings is 2. The van der Waals surface area contributed by atoms with Gasteiger partial charge < -0.3 is 24.8 Å². The van der Waals surface area contributed by atoms with E-state index >= 15 is 0 Å². The smallest absolute Gasteiger partial charge is 0.326 e. The fraction of sp³-hybridized carbons (Fsp3) is 0.227. The zero-order valence-corrected chi connectivity index (χ0v) is 16.0. The molecule has 1 atom stereocenters. The maximum absolute atomic E-state index is 13.2. The SMILES string of the molecule is O=C(N/C(=C/c1ccc2c(c1)OCO2)C(=O)N1CCC[C@H]1C(=O)O)c1ccccc1. The molecule has 2 N–H and O–H groups in total. The van der Waals surface area contributed by atoms with Crippen LogP contribution in [0, 0.1) is 0 Å². The van der Waals surface area contributed by atoms with E-state index in [1.807, 2.05) is 0 Å². The Morgan fingerprint density at radius 3 is 2.60 bits per heavy atom. The number of nitrogens with one attached hydrogen (secondary N) is 1. The van der Waals surface area contributed by atoms with Crippen molar-refractivity contribution in [2.24, 2.45) is 0 Å². The molecule has 0 bridgehead atoms. The highest BCUT2D eigenvalue weighted by Crippen LogP contribution is 2.33. The fourth-order valence-electron chi connectivity index (χ4n) is 3.53. The number of carbonyl (C=O) groups excluding carboxylic acids is 2. The maximum atomic E-state index is 13.2. The average Bonchev–Trinajstić information content (AvgIpc) is 3.42. The number of ether oxygens (including phenoxy) is 2. The van der Waals surface area contributed by atoms with Gasteiger partial charge in [0.2, 0.25) is 6.79 Å². The van der Waals surface area contributed by atoms with Crippen LogP contribution >= 0.6 is 0 Å². The number of hydrogen-bond acceptors (Lipinski definition) is 5. The van der Waals surface area contributed by atoms with Gasteiger partial charge in [0.1, 0.15) is 11.7 Å². The number of fused-ring (bicyclic) bond motifs is 1. The van der Waals surface area contributed by atoms with Crippen LogP contribution in [0.5, 0.6) is 11.5 Å². The number of carbonyl (C=O) groups is 3. The third-order valence-electron chi connectivity index (χ3n) is 5.02. The minimum atomic E-state index is -1.06. The minimum Gasteiger partial charge on any atom is -0.480 e. The second-order valence-electron chi connectivity index (χ2n) is 6.99. The zero-order chi connectivity index (χ0) is 21.1. The van der Waals surface area contributed by atoms with Crippen molar-refractivity contribution in [3.8, 4) is 11.5 Å². The van der Waals surface area contributed by atoms with Crippen molar-refractivity contribution >= 4 is 23.9 Å². The Bertz CT molecular complexity index is 1020. The van der Waals surface area contributed by atoms with E-state index in [9.17, 15) is 19.5 Å². The van der Waals surface area contributed by atoms with E-state index in [0.717, 1.165) is 0 Å². The number of hydrogen-bond donors (Lipinski definition) is 2. The molecule has 1 saturated heterocycles. The Kier molecular flexibility index (Phi) is 5.38. The molecule has 0 saturated carbocycles. The highest BCUT2D eigenvalue weighted by atomic mass is 16.7. The number of carboxylic acids is 1. The van der Waals surface area contributed by atoms with Gasteiger partial charge in [-0.25, -0.2) is 4.79 Å². The van der Waals surface area contributed by atoms with Crippen molar-refractivity contribution in [2.45, 2.75) is 18.9 Å². The summed E-state index contributed by atoms with van der Waals surface area (Å²) in [6, 6.07) is 12.7. The topological polar surface area (TPSA) is 105 Å². The Morgan fingerprint density at radius 2 is 1.83 bits per heavy atom. The fourth-order valence-corrected chi connectivity index (χ4v) is 3.53. The largest absolute Gasteiger partial charge is 0.480 e. The molecule has 0 radical (unpaired) electrons. The summed E-state index contributed by atoms with van der Waals surface area (Å²) in [4.78, 5) is 38.7. The van der Waals surface area contributed by atoms with E-state index in [4.69, 9.17) is 9.47 Å². The summed E-state index contributed by atoms with van der Waals surface area (Å²) in [5.41, 5.74) is 0.996. The highest BCUT2D eigenvalue weighted by Gasteiger charge is 2.35. The normalized spacial score (nSPS) is 17.7. The lowest BCUT2D eigenvalue weighted by atomic mass is 10.1. The first-order valence-corrected chi connectivity index (χ1v) is 9.54. The highest BCUT2D eigenvalue weighted by molar-refractivity contribution is 6.06. The summed E-state index contributed by atoms with van der Waals surface area (Å²) in [7, 11) is 0. The molecule has 1 fully saturated rings. The first kappa shape index (κ1) is 19.5. The molecule has 0 unspecified atom stereocenters. The van der Waals surface area contributed by atoms with Crippen molar-refractivity contribution in [1.82, 2.24) is 10.2 Å². The molecule has 0 spiro atoms. The van der Waals surface area contributed by atoms with E-state index < -0.39 is 23.8 Å². The van der Waals surface area contributed by atoms with Crippen LogP contribution in [0.4, 0.5) is 0 Å². The predicted octanol–water partition coefficient (Wildman–Crippen LogP) is 2.26. The van der Waals surface area contributed by atoms with Gasteiger partial charge >= 0.3 is 5.97 Å². The van der Waals surface area contributed by atoms with Crippen LogP contribution in [0.3, 0.4) is 0 Å². The summed E-state index contributed by atoms with van der Waals surface area (Å²) < 4.78 is 10.7. The van der Waals surface area contributed by atoms with Crippen molar-refractivity contribution in [1.29, 1.82) is 0 Å². The second kappa shape index (κ2) is 8.28. The molecular weight excluding hydrogens is 388 g/mol. The lowest BCUT2D eigenvalue weighted by Gasteiger charge is -2.23. The third-order valence-corrected chi connectivity index (χ3v) is 5.02. The second-order valence-corrected chi connectivity index (χ2v) is 6.99. The molecule has 0 aliphatic carbocycles. The summed E-state index contributed by atoms with van der Waals surface area (Å²) in [5, 5.41) is 12.1. The van der Waals surface area contributed by atoms with E-state index in [0.29, 0.717) is 42.0 Å². The predicted molar refractivity (Wildman–Crippen MR) is 107 cm³/mol. The van der Waals surface area contributed by atoms with Gasteiger partial charge in [0.25, 0.3) is 11.8 Å². The molecular formula is C22H20N2O6. The quantitative estimate of drug-likeness (QED) is 0.736. The van der Waals surface area contributed by atoms with Crippen molar-refractivity contribution in [3.63, 3.8) is 0 Å². The van der Waals surface area contributed by atoms with Gasteiger partial charge in [0, 0.05) is 12.1 Å². The molecule has 154 valence electrons. The monoisotopic (exact) mass is 408 g/mol. The van der Waals surface area contributed by atoms with Gasteiger partial charge in [-0.3, -0.25) is 9.59 Å². The first-order valence-electron chi connectivity index (χ1n) is 9.54. The Balaban J connectivity index is 1.66. The van der Waals surface area contributed by atoms with Gasteiger partial charge in [0.15, 0.2) is 11.5 Å². The van der Waals surface area contributed by atoms with Gasteiger partial charge in [-0.15, -0.1) is 0 Å². The molecule has 2 aliphatic rings. The summed E-state index contributed by atoms with van der Waals surface area (Å²) in [6.07, 6.45) is 2.49. The summed E-state index contributed by atoms with van der Waals surface area (Å²) in [5.74, 6) is -0.921. The van der Waals surface area contributed by atoms with Crippen LogP contribution in [0.15, 0.2) is 54.2 Å². The van der Waals surface area contributed by atoms with E-state index in [2.05, 4.69) is 5.32 Å². The molecule has 2 aromatic rings. The van der Waals surface area contributed by atoms with Crippen LogP contribution in [0.25, 0.3) is 6.08 Å². The molecule has 8 nitrogen and oxygen atoms in total. The number of carboxylic acid groups (broad SMARTS) is 1. The maximum Gasteiger partial charge on any atom is 0.326 e. The lowest BCUT2D eigenvalue weighted by molar-refractivity contribution is -0.146. The standard InChI is InChI=1S/C22H20N2O6/c25-20(15-5-2-1-3-6-15)23-16(21(26)24-10-4-7-17(24)22(27)28)11-14-8-9-18-19(12-14)30-13-29-18/h1-3,5-6,8-9,11-12,17H,4,7,10,13H2,(H,23,25)(H,27,28)/b16-11+/t17-/m0/s1. The van der Waals surface area contributed by atoms with Crippen molar-refractivity contribution < 1.29 is 29.0 Å². The molecule has 8 heteroatoms. The lowest BCUT2D eigenvalue weighted by Crippen LogP contribution is -2.44. The van der Waals surface area contributed by atoms with Crippen LogP contribution in [0.2, 0.25) is 0 Å². The van der Waals surface area contributed by atoms with Crippen LogP contribution in [0.1, 0.15) is 28.8 Å². The number of aliphatic carboxylic acids is 1. The van der Waals surface area contributed by atoms with Gasteiger partial charge in [-0.05, 0) is 48.7 Å². The van der Waals surface area contributed by atoms with E-state index in [-0.39, 0.29) is 12.5 Å². The molecule has 2 heterocycles. The average molecular weight is 408 g/mol. The van der Waals surface area contributed by atoms with Gasteiger partial charge in [-0.2, -0.15) is 0 Å². The number of rotatable bonds is 5. The third kappa shape index (κ3) is 3.98. The first-order chi connectivity index (χ1) is 14.5. The Morgan fingerprint density at radius 1 is 1.07 bits per heavy atom. The molecule has 30 heavy (non-hydrogen) atoms. The summed E-state index contributed by atoms with van der Waals surface area (Å²) in [6.45, 7) is 0.433. The van der Waals surface area contributed by atoms with Crippen molar-refractivity contribution in [2.75, 3.05) is 13.3 Å². The minimum absolute atomic E-state index is 0.00383. The van der Waals surface area contributed by atoms with E-state index in [1.165, 1.54) is 11.0 Å². The van der Waals surface area contributed by atoms with Crippen LogP contribution in [-0.2, 0) is 9.59 Å². The van der Waals surface area contributed by atoms with Crippen LogP contribution < -0.4 is 14.8 Å². The number of amides is 2. The van der Waals surface area contributed by atoms with Crippen molar-refractivity contribution in [3.05, 3.63) is 65.4 Å². The van der Waals surface area contributed by atoms with Gasteiger partial charge in [-0.1, -0.05) is 24.3 Å².